The van der Waals surface area contributed by atoms with E-state index in [-0.39, 0.29) is 37.9 Å². The van der Waals surface area contributed by atoms with Gasteiger partial charge in [0, 0.05) is 36.8 Å². The first-order chi connectivity index (χ1) is 17.1. The van der Waals surface area contributed by atoms with Gasteiger partial charge in [-0.1, -0.05) is 17.7 Å². The van der Waals surface area contributed by atoms with Gasteiger partial charge in [0.15, 0.2) is 0 Å². The van der Waals surface area contributed by atoms with Crippen LogP contribution < -0.4 is 11.1 Å². The van der Waals surface area contributed by atoms with Crippen molar-refractivity contribution in [3.63, 3.8) is 0 Å². The molecule has 194 valence electrons. The fourth-order valence-electron chi connectivity index (χ4n) is 3.99. The molecule has 1 amide bonds. The summed E-state index contributed by atoms with van der Waals surface area (Å²) in [5, 5.41) is 33.5. The highest BCUT2D eigenvalue weighted by molar-refractivity contribution is 6.33. The van der Waals surface area contributed by atoms with E-state index in [4.69, 9.17) is 17.3 Å². The van der Waals surface area contributed by atoms with Crippen molar-refractivity contribution < 1.29 is 24.5 Å². The molecule has 0 spiro atoms. The SMILES string of the molecule is CC(C)Nc1cc(N=CC2=C(N)C(=O)N(Cc3cc(F)ccc3CO)CC(CO)(CO)C2)c(Cl)cn1. The number of nitrogens with zero attached hydrogens (tertiary/aromatic N) is 3. The Bertz CT molecular complexity index is 1170. The van der Waals surface area contributed by atoms with Crippen LogP contribution in [0.2, 0.25) is 5.02 Å². The Labute approximate surface area is 214 Å². The molecule has 36 heavy (non-hydrogen) atoms. The van der Waals surface area contributed by atoms with E-state index in [9.17, 15) is 24.5 Å². The summed E-state index contributed by atoms with van der Waals surface area (Å²) >= 11 is 6.26. The van der Waals surface area contributed by atoms with E-state index in [1.54, 1.807) is 6.07 Å². The van der Waals surface area contributed by atoms with Gasteiger partial charge in [0.1, 0.15) is 17.3 Å². The molecule has 0 unspecified atom stereocenters. The Balaban J connectivity index is 1.99. The first kappa shape index (κ1) is 27.5. The summed E-state index contributed by atoms with van der Waals surface area (Å²) in [6.07, 6.45) is 2.92. The van der Waals surface area contributed by atoms with Gasteiger partial charge in [0.25, 0.3) is 5.91 Å². The minimum atomic E-state index is -1.13. The van der Waals surface area contributed by atoms with E-state index >= 15 is 0 Å². The number of carbonyl (C=O) groups excluding carboxylic acids is 1. The molecule has 0 saturated heterocycles. The molecule has 1 aromatic heterocycles. The Morgan fingerprint density at radius 2 is 2.00 bits per heavy atom. The summed E-state index contributed by atoms with van der Waals surface area (Å²) < 4.78 is 13.9. The highest BCUT2D eigenvalue weighted by Crippen LogP contribution is 2.33. The zero-order valence-electron chi connectivity index (χ0n) is 20.2. The summed E-state index contributed by atoms with van der Waals surface area (Å²) in [5.41, 5.74) is 6.57. The Morgan fingerprint density at radius 1 is 1.28 bits per heavy atom. The molecule has 6 N–H and O–H groups in total. The number of hydrogen-bond acceptors (Lipinski definition) is 8. The molecule has 3 rings (SSSR count). The highest BCUT2D eigenvalue weighted by atomic mass is 35.5. The van der Waals surface area contributed by atoms with E-state index in [0.29, 0.717) is 33.2 Å². The normalized spacial score (nSPS) is 16.2. The molecule has 0 aliphatic carbocycles. The summed E-state index contributed by atoms with van der Waals surface area (Å²) in [7, 11) is 0. The number of nitrogens with two attached hydrogens (primary N) is 1. The van der Waals surface area contributed by atoms with Gasteiger partial charge in [0.2, 0.25) is 0 Å². The third kappa shape index (κ3) is 6.38. The minimum absolute atomic E-state index is 0.0449. The van der Waals surface area contributed by atoms with Gasteiger partial charge in [-0.2, -0.15) is 0 Å². The quantitative estimate of drug-likeness (QED) is 0.320. The molecule has 2 heterocycles. The molecule has 1 aromatic carbocycles. The van der Waals surface area contributed by atoms with Crippen LogP contribution in [-0.4, -0.2) is 63.1 Å². The summed E-state index contributed by atoms with van der Waals surface area (Å²) in [4.78, 5) is 23.3. The maximum absolute atomic E-state index is 13.9. The first-order valence-electron chi connectivity index (χ1n) is 11.5. The number of hydrogen-bond donors (Lipinski definition) is 5. The zero-order valence-corrected chi connectivity index (χ0v) is 21.0. The molecular weight excluding hydrogens is 489 g/mol. The van der Waals surface area contributed by atoms with E-state index in [1.165, 1.54) is 35.5 Å². The van der Waals surface area contributed by atoms with Gasteiger partial charge >= 0.3 is 0 Å². The number of benzene rings is 1. The lowest BCUT2D eigenvalue weighted by atomic mass is 9.83. The summed E-state index contributed by atoms with van der Waals surface area (Å²) in [6, 6.07) is 5.70. The molecule has 0 saturated carbocycles. The van der Waals surface area contributed by atoms with Crippen molar-refractivity contribution in [2.24, 2.45) is 16.1 Å². The standard InChI is InChI=1S/C25H31ClFN5O4/c1-15(2)31-22-6-21(20(26)9-30-22)29-8-18-7-25(13-34,14-35)12-32(24(36)23(18)28)10-17-5-19(27)4-3-16(17)11-33/h3-6,8-9,15,33-35H,7,10-14,28H2,1-2H3,(H,30,31). The highest BCUT2D eigenvalue weighted by Gasteiger charge is 2.38. The molecule has 1 aliphatic heterocycles. The maximum Gasteiger partial charge on any atom is 0.270 e. The van der Waals surface area contributed by atoms with Gasteiger partial charge < -0.3 is 31.3 Å². The van der Waals surface area contributed by atoms with Gasteiger partial charge in [-0.25, -0.2) is 9.37 Å². The van der Waals surface area contributed by atoms with Crippen molar-refractivity contribution in [1.29, 1.82) is 0 Å². The van der Waals surface area contributed by atoms with Crippen molar-refractivity contribution >= 4 is 35.2 Å². The number of rotatable bonds is 9. The Kier molecular flexibility index (Phi) is 9.02. The van der Waals surface area contributed by atoms with Gasteiger partial charge in [-0.05, 0) is 49.1 Å². The van der Waals surface area contributed by atoms with Crippen LogP contribution in [0.1, 0.15) is 31.4 Å². The molecule has 11 heteroatoms. The number of anilines is 1. The average Bonchev–Trinajstić information content (AvgIpc) is 2.95. The van der Waals surface area contributed by atoms with Gasteiger partial charge in [0.05, 0.1) is 36.7 Å². The monoisotopic (exact) mass is 519 g/mol. The van der Waals surface area contributed by atoms with Crippen molar-refractivity contribution in [3.8, 4) is 0 Å². The van der Waals surface area contributed by atoms with Gasteiger partial charge in [-0.3, -0.25) is 9.79 Å². The zero-order chi connectivity index (χ0) is 26.5. The van der Waals surface area contributed by atoms with Crippen molar-refractivity contribution in [3.05, 3.63) is 63.7 Å². The van der Waals surface area contributed by atoms with Crippen LogP contribution in [0.3, 0.4) is 0 Å². The minimum Gasteiger partial charge on any atom is -0.396 e. The predicted octanol–water partition coefficient (Wildman–Crippen LogP) is 2.51. The molecule has 1 aliphatic rings. The van der Waals surface area contributed by atoms with Crippen molar-refractivity contribution in [1.82, 2.24) is 9.88 Å². The van der Waals surface area contributed by atoms with Crippen molar-refractivity contribution in [2.45, 2.75) is 39.5 Å². The van der Waals surface area contributed by atoms with Gasteiger partial charge in [-0.15, -0.1) is 0 Å². The fraction of sp³-hybridized carbons (Fsp3) is 0.400. The average molecular weight is 520 g/mol. The number of aliphatic hydroxyl groups excluding tert-OH is 3. The maximum atomic E-state index is 13.9. The largest absolute Gasteiger partial charge is 0.396 e. The number of carbonyl (C=O) groups is 1. The number of pyridine rings is 1. The summed E-state index contributed by atoms with van der Waals surface area (Å²) in [6.45, 7) is 2.59. The second-order valence-corrected chi connectivity index (χ2v) is 9.65. The lowest BCUT2D eigenvalue weighted by Gasteiger charge is -2.33. The lowest BCUT2D eigenvalue weighted by Crippen LogP contribution is -2.44. The van der Waals surface area contributed by atoms with E-state index in [2.05, 4.69) is 15.3 Å². The Morgan fingerprint density at radius 3 is 2.64 bits per heavy atom. The van der Waals surface area contributed by atoms with Crippen LogP contribution in [-0.2, 0) is 17.9 Å². The number of halogens is 2. The number of aliphatic hydroxyl groups is 3. The topological polar surface area (TPSA) is 144 Å². The number of aromatic nitrogens is 1. The molecule has 0 atom stereocenters. The van der Waals surface area contributed by atoms with Crippen LogP contribution in [0.25, 0.3) is 0 Å². The Hall–Kier alpha value is -3.05. The second kappa shape index (κ2) is 11.8. The summed E-state index contributed by atoms with van der Waals surface area (Å²) in [5.74, 6) is -0.505. The molecule has 9 nitrogen and oxygen atoms in total. The first-order valence-corrected chi connectivity index (χ1v) is 11.8. The van der Waals surface area contributed by atoms with Crippen LogP contribution in [0.5, 0.6) is 0 Å². The van der Waals surface area contributed by atoms with Crippen LogP contribution in [0.4, 0.5) is 15.9 Å². The number of nitrogens with one attached hydrogen (secondary N) is 1. The molecule has 2 aromatic rings. The van der Waals surface area contributed by atoms with E-state index in [1.807, 2.05) is 13.8 Å². The molecule has 0 radical (unpaired) electrons. The smallest absolute Gasteiger partial charge is 0.270 e. The molecule has 0 fully saturated rings. The molecular formula is C25H31ClFN5O4. The van der Waals surface area contributed by atoms with E-state index < -0.39 is 30.4 Å². The van der Waals surface area contributed by atoms with E-state index in [0.717, 1.165) is 0 Å². The number of allylic oxidation sites excluding steroid dienone is 1. The second-order valence-electron chi connectivity index (χ2n) is 9.24. The van der Waals surface area contributed by atoms with Crippen LogP contribution in [0, 0.1) is 11.2 Å². The predicted molar refractivity (Wildman–Crippen MR) is 136 cm³/mol. The number of aliphatic imine (C=N–C) groups is 1. The van der Waals surface area contributed by atoms with Crippen LogP contribution >= 0.6 is 11.6 Å². The fourth-order valence-corrected chi connectivity index (χ4v) is 4.15. The van der Waals surface area contributed by atoms with Crippen molar-refractivity contribution in [2.75, 3.05) is 25.1 Å². The number of amides is 1. The lowest BCUT2D eigenvalue weighted by molar-refractivity contribution is -0.130. The third-order valence-corrected chi connectivity index (χ3v) is 6.25. The molecule has 0 bridgehead atoms. The third-order valence-electron chi connectivity index (χ3n) is 5.96. The van der Waals surface area contributed by atoms with Crippen LogP contribution in [0.15, 0.2) is 46.7 Å².